The number of nitrogens with zero attached hydrogens (tertiary/aromatic N) is 4. The predicted octanol–water partition coefficient (Wildman–Crippen LogP) is 4.20. The molecular weight excluding hydrogens is 362 g/mol. The molecule has 1 aliphatic rings. The van der Waals surface area contributed by atoms with Crippen LogP contribution in [0.3, 0.4) is 0 Å². The molecular formula is C23H23N5O. The minimum Gasteiger partial charge on any atom is -0.392 e. The monoisotopic (exact) mass is 385 g/mol. The van der Waals surface area contributed by atoms with Gasteiger partial charge < -0.3 is 15.3 Å². The van der Waals surface area contributed by atoms with Crippen molar-refractivity contribution in [2.75, 3.05) is 16.8 Å². The molecule has 0 saturated heterocycles. The lowest BCUT2D eigenvalue weighted by molar-refractivity contribution is 0.281. The normalized spacial score (nSPS) is 12.6. The summed E-state index contributed by atoms with van der Waals surface area (Å²) in [6.07, 6.45) is 0.902. The second-order valence-electron chi connectivity index (χ2n) is 7.39. The highest BCUT2D eigenvalue weighted by atomic mass is 16.3. The molecule has 0 radical (unpaired) electrons. The molecule has 6 nitrogen and oxygen atoms in total. The quantitative estimate of drug-likeness (QED) is 0.700. The number of aliphatic hydroxyl groups is 1. The van der Waals surface area contributed by atoms with Crippen LogP contribution >= 0.6 is 0 Å². The standard InChI is InChI=1S/C23H23N5O/c1-14-10-18(13-29)11-15(2)21(14)28-9-8-20-16(3)25-23(27-22(20)28)26-19-6-4-17(12-24)5-7-19/h4-7,10-11,29H,8-9,13H2,1-3H3,(H,25,26,27). The molecule has 0 aliphatic carbocycles. The lowest BCUT2D eigenvalue weighted by atomic mass is 10.0. The summed E-state index contributed by atoms with van der Waals surface area (Å²) in [4.78, 5) is 11.7. The summed E-state index contributed by atoms with van der Waals surface area (Å²) < 4.78 is 0. The van der Waals surface area contributed by atoms with Crippen LogP contribution in [0.4, 0.5) is 23.1 Å². The van der Waals surface area contributed by atoms with E-state index in [9.17, 15) is 5.11 Å². The van der Waals surface area contributed by atoms with Crippen LogP contribution in [0.2, 0.25) is 0 Å². The third-order valence-electron chi connectivity index (χ3n) is 5.31. The zero-order chi connectivity index (χ0) is 20.5. The summed E-state index contributed by atoms with van der Waals surface area (Å²) in [5.41, 5.74) is 7.90. The number of nitrogens with one attached hydrogen (secondary N) is 1. The molecule has 0 fully saturated rings. The second-order valence-corrected chi connectivity index (χ2v) is 7.39. The van der Waals surface area contributed by atoms with Crippen molar-refractivity contribution in [3.05, 3.63) is 69.9 Å². The third kappa shape index (κ3) is 3.53. The van der Waals surface area contributed by atoms with Crippen LogP contribution in [0.25, 0.3) is 0 Å². The summed E-state index contributed by atoms with van der Waals surface area (Å²) in [6, 6.07) is 13.4. The van der Waals surface area contributed by atoms with Crippen molar-refractivity contribution >= 4 is 23.1 Å². The fourth-order valence-electron chi connectivity index (χ4n) is 4.02. The molecule has 0 amide bonds. The van der Waals surface area contributed by atoms with Gasteiger partial charge in [0.15, 0.2) is 0 Å². The van der Waals surface area contributed by atoms with E-state index >= 15 is 0 Å². The first kappa shape index (κ1) is 18.9. The molecule has 1 aliphatic heterocycles. The summed E-state index contributed by atoms with van der Waals surface area (Å²) in [6.45, 7) is 7.05. The van der Waals surface area contributed by atoms with Crippen molar-refractivity contribution in [2.45, 2.75) is 33.8 Å². The molecule has 0 unspecified atom stereocenters. The number of rotatable bonds is 4. The van der Waals surface area contributed by atoms with E-state index in [1.165, 1.54) is 5.56 Å². The Morgan fingerprint density at radius 2 is 1.79 bits per heavy atom. The van der Waals surface area contributed by atoms with Crippen molar-refractivity contribution in [1.82, 2.24) is 9.97 Å². The van der Waals surface area contributed by atoms with Gasteiger partial charge in [0.05, 0.1) is 18.2 Å². The fourth-order valence-corrected chi connectivity index (χ4v) is 4.02. The molecule has 2 heterocycles. The molecule has 2 aromatic carbocycles. The zero-order valence-corrected chi connectivity index (χ0v) is 16.8. The molecule has 0 saturated carbocycles. The number of aliphatic hydroxyl groups excluding tert-OH is 1. The van der Waals surface area contributed by atoms with Crippen LogP contribution in [0.1, 0.15) is 33.5 Å². The highest BCUT2D eigenvalue weighted by Gasteiger charge is 2.27. The smallest absolute Gasteiger partial charge is 0.229 e. The van der Waals surface area contributed by atoms with Crippen LogP contribution in [0.5, 0.6) is 0 Å². The highest BCUT2D eigenvalue weighted by molar-refractivity contribution is 5.74. The van der Waals surface area contributed by atoms with E-state index in [0.29, 0.717) is 11.5 Å². The van der Waals surface area contributed by atoms with Gasteiger partial charge in [-0.15, -0.1) is 0 Å². The maximum absolute atomic E-state index is 9.49. The van der Waals surface area contributed by atoms with Gasteiger partial charge in [0.2, 0.25) is 5.95 Å². The van der Waals surface area contributed by atoms with Gasteiger partial charge >= 0.3 is 0 Å². The lowest BCUT2D eigenvalue weighted by Crippen LogP contribution is -2.17. The Labute approximate surface area is 170 Å². The molecule has 0 bridgehead atoms. The average molecular weight is 385 g/mol. The van der Waals surface area contributed by atoms with Crippen LogP contribution in [0, 0.1) is 32.1 Å². The first-order valence-corrected chi connectivity index (χ1v) is 9.63. The number of aromatic nitrogens is 2. The molecule has 4 rings (SSSR count). The van der Waals surface area contributed by atoms with E-state index in [0.717, 1.165) is 52.5 Å². The highest BCUT2D eigenvalue weighted by Crippen LogP contribution is 2.39. The van der Waals surface area contributed by atoms with Gasteiger partial charge in [-0.2, -0.15) is 10.2 Å². The molecule has 2 N–H and O–H groups in total. The van der Waals surface area contributed by atoms with Crippen LogP contribution in [-0.2, 0) is 13.0 Å². The molecule has 3 aromatic rings. The number of fused-ring (bicyclic) bond motifs is 1. The number of aryl methyl sites for hydroxylation is 3. The van der Waals surface area contributed by atoms with Gasteiger partial charge in [0.25, 0.3) is 0 Å². The topological polar surface area (TPSA) is 85.1 Å². The Morgan fingerprint density at radius 1 is 1.10 bits per heavy atom. The average Bonchev–Trinajstić information content (AvgIpc) is 3.12. The van der Waals surface area contributed by atoms with Crippen molar-refractivity contribution in [3.8, 4) is 6.07 Å². The minimum atomic E-state index is 0.0402. The molecule has 6 heteroatoms. The van der Waals surface area contributed by atoms with Gasteiger partial charge in [-0.25, -0.2) is 4.98 Å². The van der Waals surface area contributed by atoms with Gasteiger partial charge in [0, 0.05) is 29.2 Å². The molecule has 0 spiro atoms. The fraction of sp³-hybridized carbons (Fsp3) is 0.261. The molecule has 1 aromatic heterocycles. The van der Waals surface area contributed by atoms with Crippen LogP contribution in [0.15, 0.2) is 36.4 Å². The first-order chi connectivity index (χ1) is 14.0. The number of hydrogen-bond acceptors (Lipinski definition) is 6. The van der Waals surface area contributed by atoms with Gasteiger partial charge in [-0.1, -0.05) is 12.1 Å². The maximum Gasteiger partial charge on any atom is 0.229 e. The van der Waals surface area contributed by atoms with Crippen molar-refractivity contribution < 1.29 is 5.11 Å². The Balaban J connectivity index is 1.71. The van der Waals surface area contributed by atoms with Gasteiger partial charge in [-0.3, -0.25) is 0 Å². The Bertz CT molecular complexity index is 1090. The number of hydrogen-bond donors (Lipinski definition) is 2. The van der Waals surface area contributed by atoms with Crippen LogP contribution < -0.4 is 10.2 Å². The number of anilines is 4. The largest absolute Gasteiger partial charge is 0.392 e. The maximum atomic E-state index is 9.49. The summed E-state index contributed by atoms with van der Waals surface area (Å²) in [7, 11) is 0. The van der Waals surface area contributed by atoms with E-state index < -0.39 is 0 Å². The second kappa shape index (κ2) is 7.53. The minimum absolute atomic E-state index is 0.0402. The number of benzene rings is 2. The Kier molecular flexibility index (Phi) is 4.91. The lowest BCUT2D eigenvalue weighted by Gasteiger charge is -2.24. The summed E-state index contributed by atoms with van der Waals surface area (Å²) in [5, 5.41) is 21.7. The van der Waals surface area contributed by atoms with E-state index in [1.807, 2.05) is 31.2 Å². The van der Waals surface area contributed by atoms with E-state index in [1.54, 1.807) is 12.1 Å². The molecule has 0 atom stereocenters. The zero-order valence-electron chi connectivity index (χ0n) is 16.8. The van der Waals surface area contributed by atoms with Crippen molar-refractivity contribution in [1.29, 1.82) is 5.26 Å². The van der Waals surface area contributed by atoms with E-state index in [-0.39, 0.29) is 6.61 Å². The molecule has 146 valence electrons. The van der Waals surface area contributed by atoms with Crippen molar-refractivity contribution in [2.24, 2.45) is 0 Å². The Hall–Kier alpha value is -3.43. The van der Waals surface area contributed by atoms with Crippen LogP contribution in [-0.4, -0.2) is 21.6 Å². The predicted molar refractivity (Wildman–Crippen MR) is 114 cm³/mol. The summed E-state index contributed by atoms with van der Waals surface area (Å²) >= 11 is 0. The van der Waals surface area contributed by atoms with Gasteiger partial charge in [0.1, 0.15) is 5.82 Å². The van der Waals surface area contributed by atoms with E-state index in [2.05, 4.69) is 35.1 Å². The van der Waals surface area contributed by atoms with Gasteiger partial charge in [-0.05, 0) is 68.1 Å². The van der Waals surface area contributed by atoms with Crippen molar-refractivity contribution in [3.63, 3.8) is 0 Å². The molecule has 29 heavy (non-hydrogen) atoms. The Morgan fingerprint density at radius 3 is 2.41 bits per heavy atom. The van der Waals surface area contributed by atoms with E-state index in [4.69, 9.17) is 10.2 Å². The summed E-state index contributed by atoms with van der Waals surface area (Å²) in [5.74, 6) is 1.47. The number of nitriles is 1. The third-order valence-corrected chi connectivity index (χ3v) is 5.31. The first-order valence-electron chi connectivity index (χ1n) is 9.63. The SMILES string of the molecule is Cc1cc(CO)cc(C)c1N1CCc2c(C)nc(Nc3ccc(C#N)cc3)nc21.